The van der Waals surface area contributed by atoms with Crippen molar-refractivity contribution in [2.75, 3.05) is 0 Å². The first-order valence-electron chi connectivity index (χ1n) is 12.9. The highest BCUT2D eigenvalue weighted by Gasteiger charge is 2.43. The summed E-state index contributed by atoms with van der Waals surface area (Å²) in [5, 5.41) is 0. The van der Waals surface area contributed by atoms with Gasteiger partial charge in [0.1, 0.15) is 0 Å². The van der Waals surface area contributed by atoms with E-state index in [1.807, 2.05) is 19.1 Å². The van der Waals surface area contributed by atoms with Gasteiger partial charge in [-0.2, -0.15) is 0 Å². The van der Waals surface area contributed by atoms with E-state index < -0.39 is 17.0 Å². The molecular weight excluding hydrogens is 451 g/mol. The fourth-order valence-corrected chi connectivity index (χ4v) is 9.71. The van der Waals surface area contributed by atoms with Gasteiger partial charge in [0.05, 0.1) is 17.1 Å². The third-order valence-electron chi connectivity index (χ3n) is 7.88. The van der Waals surface area contributed by atoms with Crippen LogP contribution < -0.4 is 0 Å². The maximum atomic E-state index is 13.9. The number of hydrogen-bond acceptors (Lipinski definition) is 4. The van der Waals surface area contributed by atoms with Gasteiger partial charge >= 0.3 is 7.58 Å². The summed E-state index contributed by atoms with van der Waals surface area (Å²) in [7, 11) is -5.83. The summed E-state index contributed by atoms with van der Waals surface area (Å²) in [6, 6.07) is 7.14. The Morgan fingerprint density at radius 1 is 0.788 bits per heavy atom. The average Bonchev–Trinajstić information content (AvgIpc) is 2.73. The Hall–Kier alpha value is -0.480. The van der Waals surface area contributed by atoms with Crippen LogP contribution in [0.2, 0.25) is 0 Å². The lowest BCUT2D eigenvalue weighted by atomic mass is 9.75. The van der Waals surface area contributed by atoms with Crippen LogP contribution in [-0.2, 0) is 18.5 Å². The zero-order valence-electron chi connectivity index (χ0n) is 21.7. The Balaban J connectivity index is 1.94. The monoisotopic (exact) mass is 496 g/mol. The first-order valence-corrected chi connectivity index (χ1v) is 16.2. The number of hydrogen-bond donors (Lipinski definition) is 0. The van der Waals surface area contributed by atoms with E-state index in [1.165, 1.54) is 12.8 Å². The SMILES string of the molecule is Cc1ccc(S(=O)(=O)P(O[C@@H]2C[C@H](C)CCC2C(C)C)O[C@@H]2C[C@H](C)CC[C@H]2C(C)C)cc1. The topological polar surface area (TPSA) is 52.6 Å². The fraction of sp³-hybridized carbons (Fsp3) is 0.778. The van der Waals surface area contributed by atoms with Gasteiger partial charge in [-0.25, -0.2) is 8.42 Å². The molecule has 0 bridgehead atoms. The Kier molecular flexibility index (Phi) is 9.45. The summed E-state index contributed by atoms with van der Waals surface area (Å²) in [6.45, 7) is 15.4. The summed E-state index contributed by atoms with van der Waals surface area (Å²) in [6.07, 6.45) is 6.21. The summed E-state index contributed by atoms with van der Waals surface area (Å²) in [5.74, 6) is 2.74. The summed E-state index contributed by atoms with van der Waals surface area (Å²) in [5.41, 5.74) is 1.04. The molecule has 0 amide bonds. The molecule has 4 nitrogen and oxygen atoms in total. The molecule has 2 fully saturated rings. The molecule has 2 aliphatic carbocycles. The van der Waals surface area contributed by atoms with Crippen molar-refractivity contribution in [3.05, 3.63) is 29.8 Å². The molecule has 2 saturated carbocycles. The van der Waals surface area contributed by atoms with E-state index in [-0.39, 0.29) is 12.2 Å². The first kappa shape index (κ1) is 27.1. The lowest BCUT2D eigenvalue weighted by Crippen LogP contribution is -2.36. The van der Waals surface area contributed by atoms with Gasteiger partial charge in [-0.15, -0.1) is 0 Å². The fourth-order valence-electron chi connectivity index (χ4n) is 5.63. The van der Waals surface area contributed by atoms with Crippen LogP contribution in [-0.4, -0.2) is 20.6 Å². The Labute approximate surface area is 203 Å². The van der Waals surface area contributed by atoms with Gasteiger partial charge < -0.3 is 9.05 Å². The highest BCUT2D eigenvalue weighted by Crippen LogP contribution is 2.56. The molecule has 3 rings (SSSR count). The lowest BCUT2D eigenvalue weighted by molar-refractivity contribution is 0.0145. The van der Waals surface area contributed by atoms with Gasteiger partial charge in [0, 0.05) is 0 Å². The predicted molar refractivity (Wildman–Crippen MR) is 138 cm³/mol. The second-order valence-electron chi connectivity index (χ2n) is 11.5. The zero-order valence-corrected chi connectivity index (χ0v) is 23.4. The third-order valence-corrected chi connectivity index (χ3v) is 12.4. The molecule has 7 atom stereocenters. The quantitative estimate of drug-likeness (QED) is 0.343. The predicted octanol–water partition coefficient (Wildman–Crippen LogP) is 7.95. The Morgan fingerprint density at radius 2 is 1.21 bits per heavy atom. The maximum absolute atomic E-state index is 13.9. The van der Waals surface area contributed by atoms with Crippen molar-refractivity contribution in [2.24, 2.45) is 35.5 Å². The van der Waals surface area contributed by atoms with Gasteiger partial charge in [0.15, 0.2) is 0 Å². The van der Waals surface area contributed by atoms with Gasteiger partial charge in [0.25, 0.3) is 0 Å². The van der Waals surface area contributed by atoms with Crippen molar-refractivity contribution in [2.45, 2.75) is 104 Å². The minimum atomic E-state index is -3.73. The molecule has 33 heavy (non-hydrogen) atoms. The number of aryl methyl sites for hydroxylation is 1. The van der Waals surface area contributed by atoms with Crippen LogP contribution >= 0.6 is 7.58 Å². The highest BCUT2D eigenvalue weighted by molar-refractivity contribution is 8.47. The van der Waals surface area contributed by atoms with E-state index >= 15 is 0 Å². The Bertz CT molecular complexity index is 817. The van der Waals surface area contributed by atoms with Crippen molar-refractivity contribution in [1.29, 1.82) is 0 Å². The summed E-state index contributed by atoms with van der Waals surface area (Å²) in [4.78, 5) is 0.314. The van der Waals surface area contributed by atoms with Crippen LogP contribution in [0.15, 0.2) is 29.2 Å². The molecule has 0 aliphatic heterocycles. The minimum Gasteiger partial charge on any atom is -0.319 e. The smallest absolute Gasteiger partial charge is 0.307 e. The molecular formula is C27H45O4PS. The average molecular weight is 497 g/mol. The van der Waals surface area contributed by atoms with Gasteiger partial charge in [0.2, 0.25) is 9.46 Å². The summed E-state index contributed by atoms with van der Waals surface area (Å²) < 4.78 is 41.0. The van der Waals surface area contributed by atoms with Gasteiger partial charge in [-0.1, -0.05) is 72.1 Å². The molecule has 0 aromatic heterocycles. The van der Waals surface area contributed by atoms with Crippen LogP contribution in [0.5, 0.6) is 0 Å². The van der Waals surface area contributed by atoms with Crippen molar-refractivity contribution < 1.29 is 17.5 Å². The normalized spacial score (nSPS) is 32.3. The number of benzene rings is 1. The second kappa shape index (κ2) is 11.5. The Morgan fingerprint density at radius 3 is 1.61 bits per heavy atom. The second-order valence-corrected chi connectivity index (χ2v) is 16.1. The molecule has 0 heterocycles. The van der Waals surface area contributed by atoms with E-state index in [0.717, 1.165) is 31.2 Å². The standard InChI is InChI=1S/C27H45O4PS/c1-18(2)24-14-10-21(6)16-26(24)30-32(33(28,29)23-12-8-20(5)9-13-23)31-27-17-22(7)11-15-25(27)19(3)4/h8-9,12-13,18-19,21-22,24-27H,10-11,14-17H2,1-7H3/t21-,22-,24+,25?,26-,27-,32?/m1/s1. The minimum absolute atomic E-state index is 0.0707. The van der Waals surface area contributed by atoms with Crippen LogP contribution in [0.4, 0.5) is 0 Å². The molecule has 188 valence electrons. The van der Waals surface area contributed by atoms with E-state index in [4.69, 9.17) is 9.05 Å². The van der Waals surface area contributed by atoms with Crippen molar-refractivity contribution in [3.63, 3.8) is 0 Å². The van der Waals surface area contributed by atoms with Crippen LogP contribution in [0.1, 0.15) is 85.6 Å². The molecule has 2 unspecified atom stereocenters. The van der Waals surface area contributed by atoms with E-state index in [2.05, 4.69) is 41.5 Å². The third kappa shape index (κ3) is 6.81. The van der Waals surface area contributed by atoms with Crippen LogP contribution in [0.25, 0.3) is 0 Å². The summed E-state index contributed by atoms with van der Waals surface area (Å²) >= 11 is 0. The lowest BCUT2D eigenvalue weighted by Gasteiger charge is -2.41. The zero-order chi connectivity index (χ0) is 24.3. The number of rotatable bonds is 8. The molecule has 0 spiro atoms. The van der Waals surface area contributed by atoms with Gasteiger partial charge in [-0.05, 0) is 80.2 Å². The van der Waals surface area contributed by atoms with E-state index in [1.54, 1.807) is 12.1 Å². The van der Waals surface area contributed by atoms with Crippen molar-refractivity contribution in [1.82, 2.24) is 0 Å². The van der Waals surface area contributed by atoms with E-state index in [9.17, 15) is 8.42 Å². The first-order chi connectivity index (χ1) is 15.5. The van der Waals surface area contributed by atoms with Crippen molar-refractivity contribution >= 4 is 17.0 Å². The van der Waals surface area contributed by atoms with E-state index in [0.29, 0.717) is 40.4 Å². The molecule has 1 aromatic carbocycles. The molecule has 6 heteroatoms. The molecule has 0 saturated heterocycles. The van der Waals surface area contributed by atoms with Crippen LogP contribution in [0.3, 0.4) is 0 Å². The van der Waals surface area contributed by atoms with Crippen LogP contribution in [0, 0.1) is 42.4 Å². The largest absolute Gasteiger partial charge is 0.319 e. The molecule has 2 aliphatic rings. The van der Waals surface area contributed by atoms with Crippen molar-refractivity contribution in [3.8, 4) is 0 Å². The molecule has 1 aromatic rings. The molecule has 0 radical (unpaired) electrons. The van der Waals surface area contributed by atoms with Gasteiger partial charge in [-0.3, -0.25) is 0 Å². The maximum Gasteiger partial charge on any atom is 0.307 e. The molecule has 0 N–H and O–H groups in total. The highest BCUT2D eigenvalue weighted by atomic mass is 32.8.